The van der Waals surface area contributed by atoms with Crippen molar-refractivity contribution in [1.82, 2.24) is 4.57 Å². The van der Waals surface area contributed by atoms with Crippen molar-refractivity contribution in [3.63, 3.8) is 0 Å². The molecule has 1 aromatic heterocycles. The van der Waals surface area contributed by atoms with Gasteiger partial charge in [-0.15, -0.1) is 0 Å². The highest BCUT2D eigenvalue weighted by Gasteiger charge is 2.11. The van der Waals surface area contributed by atoms with Crippen molar-refractivity contribution in [3.8, 4) is 0 Å². The molecule has 21 heavy (non-hydrogen) atoms. The molecule has 0 aliphatic rings. The number of aromatic nitrogens is 1. The van der Waals surface area contributed by atoms with E-state index in [1.54, 1.807) is 12.1 Å². The van der Waals surface area contributed by atoms with Crippen molar-refractivity contribution in [2.75, 3.05) is 5.32 Å². The van der Waals surface area contributed by atoms with Gasteiger partial charge in [0.25, 0.3) is 0 Å². The number of anilines is 1. The van der Waals surface area contributed by atoms with Gasteiger partial charge in [-0.05, 0) is 50.1 Å². The number of primary sulfonamides is 1. The zero-order valence-electron chi connectivity index (χ0n) is 12.8. The van der Waals surface area contributed by atoms with Crippen molar-refractivity contribution in [3.05, 3.63) is 46.8 Å². The van der Waals surface area contributed by atoms with E-state index in [0.29, 0.717) is 6.54 Å². The summed E-state index contributed by atoms with van der Waals surface area (Å²) in [5, 5.41) is 8.46. The molecule has 0 atom stereocenters. The molecule has 2 aromatic rings. The highest BCUT2D eigenvalue weighted by Crippen LogP contribution is 2.21. The molecule has 0 amide bonds. The number of nitrogens with two attached hydrogens (primary N) is 1. The van der Waals surface area contributed by atoms with Gasteiger partial charge >= 0.3 is 0 Å². The Labute approximate surface area is 125 Å². The molecule has 0 radical (unpaired) electrons. The lowest BCUT2D eigenvalue weighted by molar-refractivity contribution is 0.598. The van der Waals surface area contributed by atoms with Crippen LogP contribution in [0.5, 0.6) is 0 Å². The molecule has 0 spiro atoms. The summed E-state index contributed by atoms with van der Waals surface area (Å²) in [5.41, 5.74) is 5.34. The first-order valence-electron chi connectivity index (χ1n) is 6.69. The topological polar surface area (TPSA) is 77.1 Å². The van der Waals surface area contributed by atoms with E-state index in [-0.39, 0.29) is 4.90 Å². The maximum atomic E-state index is 11.4. The minimum Gasteiger partial charge on any atom is -0.381 e. The monoisotopic (exact) mass is 307 g/mol. The molecule has 0 saturated heterocycles. The second-order valence-corrected chi connectivity index (χ2v) is 6.89. The number of benzene rings is 1. The summed E-state index contributed by atoms with van der Waals surface area (Å²) in [4.78, 5) is 0.122. The van der Waals surface area contributed by atoms with Crippen molar-refractivity contribution >= 4 is 15.7 Å². The number of hydrogen-bond donors (Lipinski definition) is 2. The molecule has 1 heterocycles. The SMILES string of the molecule is Cc1ccc(S(N)(=O)=O)cc1NCc1cc(C)n(C)c1C. The number of sulfonamides is 1. The van der Waals surface area contributed by atoms with Crippen molar-refractivity contribution in [2.24, 2.45) is 12.2 Å². The maximum Gasteiger partial charge on any atom is 0.238 e. The lowest BCUT2D eigenvalue weighted by Gasteiger charge is -2.11. The average Bonchev–Trinajstić information content (AvgIpc) is 2.64. The zero-order chi connectivity index (χ0) is 15.8. The third kappa shape index (κ3) is 3.28. The van der Waals surface area contributed by atoms with Gasteiger partial charge in [0, 0.05) is 30.7 Å². The largest absolute Gasteiger partial charge is 0.381 e. The van der Waals surface area contributed by atoms with Crippen LogP contribution in [0.2, 0.25) is 0 Å². The predicted octanol–water partition coefficient (Wildman–Crippen LogP) is 2.21. The van der Waals surface area contributed by atoms with Crippen LogP contribution >= 0.6 is 0 Å². The number of nitrogens with one attached hydrogen (secondary N) is 1. The quantitative estimate of drug-likeness (QED) is 0.909. The summed E-state index contributed by atoms with van der Waals surface area (Å²) in [6.45, 7) is 6.70. The number of hydrogen-bond acceptors (Lipinski definition) is 3. The normalized spacial score (nSPS) is 11.7. The van der Waals surface area contributed by atoms with Gasteiger partial charge in [-0.1, -0.05) is 6.07 Å². The second kappa shape index (κ2) is 5.54. The lowest BCUT2D eigenvalue weighted by Crippen LogP contribution is -2.13. The molecule has 0 saturated carbocycles. The molecule has 0 aliphatic heterocycles. The number of aryl methyl sites for hydroxylation is 2. The van der Waals surface area contributed by atoms with E-state index in [1.807, 2.05) is 14.0 Å². The minimum atomic E-state index is -3.68. The Morgan fingerprint density at radius 1 is 1.19 bits per heavy atom. The van der Waals surface area contributed by atoms with Crippen molar-refractivity contribution < 1.29 is 8.42 Å². The highest BCUT2D eigenvalue weighted by molar-refractivity contribution is 7.89. The molecule has 0 bridgehead atoms. The number of nitrogens with zero attached hydrogens (tertiary/aromatic N) is 1. The van der Waals surface area contributed by atoms with Crippen LogP contribution in [0.1, 0.15) is 22.5 Å². The third-order valence-corrected chi connectivity index (χ3v) is 4.80. The molecule has 0 fully saturated rings. The Balaban J connectivity index is 2.26. The van der Waals surface area contributed by atoms with Gasteiger partial charge in [0.15, 0.2) is 0 Å². The van der Waals surface area contributed by atoms with Gasteiger partial charge in [0.1, 0.15) is 0 Å². The van der Waals surface area contributed by atoms with Crippen molar-refractivity contribution in [1.29, 1.82) is 0 Å². The maximum absolute atomic E-state index is 11.4. The van der Waals surface area contributed by atoms with E-state index < -0.39 is 10.0 Å². The Kier molecular flexibility index (Phi) is 4.11. The van der Waals surface area contributed by atoms with Crippen LogP contribution in [0.3, 0.4) is 0 Å². The first-order valence-corrected chi connectivity index (χ1v) is 8.24. The molecular formula is C15H21N3O2S. The van der Waals surface area contributed by atoms with Gasteiger partial charge in [-0.3, -0.25) is 0 Å². The minimum absolute atomic E-state index is 0.122. The van der Waals surface area contributed by atoms with E-state index >= 15 is 0 Å². The lowest BCUT2D eigenvalue weighted by atomic mass is 10.2. The first-order chi connectivity index (χ1) is 9.70. The molecule has 0 aliphatic carbocycles. The highest BCUT2D eigenvalue weighted by atomic mass is 32.2. The van der Waals surface area contributed by atoms with Crippen LogP contribution in [0.15, 0.2) is 29.2 Å². The van der Waals surface area contributed by atoms with Crippen LogP contribution in [-0.4, -0.2) is 13.0 Å². The Morgan fingerprint density at radius 2 is 1.86 bits per heavy atom. The van der Waals surface area contributed by atoms with Gasteiger partial charge < -0.3 is 9.88 Å². The van der Waals surface area contributed by atoms with Crippen LogP contribution < -0.4 is 10.5 Å². The Hall–Kier alpha value is -1.79. The van der Waals surface area contributed by atoms with E-state index in [4.69, 9.17) is 5.14 Å². The fraction of sp³-hybridized carbons (Fsp3) is 0.333. The average molecular weight is 307 g/mol. The fourth-order valence-electron chi connectivity index (χ4n) is 2.27. The van der Waals surface area contributed by atoms with E-state index in [1.165, 1.54) is 23.0 Å². The molecule has 1 aromatic carbocycles. The molecule has 0 unspecified atom stereocenters. The van der Waals surface area contributed by atoms with Gasteiger partial charge in [0.2, 0.25) is 10.0 Å². The molecule has 3 N–H and O–H groups in total. The van der Waals surface area contributed by atoms with Gasteiger partial charge in [0.05, 0.1) is 4.90 Å². The second-order valence-electron chi connectivity index (χ2n) is 5.33. The van der Waals surface area contributed by atoms with Crippen LogP contribution in [-0.2, 0) is 23.6 Å². The third-order valence-electron chi connectivity index (χ3n) is 3.89. The Morgan fingerprint density at radius 3 is 2.38 bits per heavy atom. The summed E-state index contributed by atoms with van der Waals surface area (Å²) in [6.07, 6.45) is 0. The van der Waals surface area contributed by atoms with Crippen LogP contribution in [0.4, 0.5) is 5.69 Å². The summed E-state index contributed by atoms with van der Waals surface area (Å²) >= 11 is 0. The Bertz CT molecular complexity index is 776. The zero-order valence-corrected chi connectivity index (χ0v) is 13.6. The van der Waals surface area contributed by atoms with E-state index in [2.05, 4.69) is 29.8 Å². The standard InChI is InChI=1S/C15H21N3O2S/c1-10-5-6-14(21(16,19)20)8-15(10)17-9-13-7-11(2)18(4)12(13)3/h5-8,17H,9H2,1-4H3,(H2,16,19,20). The molecule has 5 nitrogen and oxygen atoms in total. The van der Waals surface area contributed by atoms with Crippen LogP contribution in [0.25, 0.3) is 0 Å². The van der Waals surface area contributed by atoms with Gasteiger partial charge in [-0.2, -0.15) is 0 Å². The van der Waals surface area contributed by atoms with E-state index in [0.717, 1.165) is 11.3 Å². The summed E-state index contributed by atoms with van der Waals surface area (Å²) in [6, 6.07) is 6.98. The van der Waals surface area contributed by atoms with Gasteiger partial charge in [-0.25, -0.2) is 13.6 Å². The summed E-state index contributed by atoms with van der Waals surface area (Å²) < 4.78 is 25.0. The molecule has 2 rings (SSSR count). The fourth-order valence-corrected chi connectivity index (χ4v) is 2.81. The summed E-state index contributed by atoms with van der Waals surface area (Å²) in [7, 11) is -1.65. The predicted molar refractivity (Wildman–Crippen MR) is 84.8 cm³/mol. The number of rotatable bonds is 4. The summed E-state index contributed by atoms with van der Waals surface area (Å²) in [5.74, 6) is 0. The molecule has 6 heteroatoms. The smallest absolute Gasteiger partial charge is 0.238 e. The van der Waals surface area contributed by atoms with Crippen LogP contribution in [0, 0.1) is 20.8 Å². The van der Waals surface area contributed by atoms with Crippen molar-refractivity contribution in [2.45, 2.75) is 32.2 Å². The van der Waals surface area contributed by atoms with E-state index in [9.17, 15) is 8.42 Å². The molecule has 114 valence electrons. The molecular weight excluding hydrogens is 286 g/mol. The first kappa shape index (κ1) is 15.6.